The van der Waals surface area contributed by atoms with Crippen LogP contribution < -0.4 is 0 Å². The molecule has 0 spiro atoms. The third kappa shape index (κ3) is 2.29. The van der Waals surface area contributed by atoms with Gasteiger partial charge in [0.15, 0.2) is 6.29 Å². The Kier molecular flexibility index (Phi) is 3.23. The summed E-state index contributed by atoms with van der Waals surface area (Å²) in [5, 5.41) is 0. The third-order valence-electron chi connectivity index (χ3n) is 1.92. The van der Waals surface area contributed by atoms with E-state index in [1.807, 2.05) is 13.8 Å². The third-order valence-corrected chi connectivity index (χ3v) is 1.92. The molecule has 70 valence electrons. The molecule has 12 heavy (non-hydrogen) atoms. The molecule has 1 unspecified atom stereocenters. The smallest absolute Gasteiger partial charge is 0.154 e. The summed E-state index contributed by atoms with van der Waals surface area (Å²) in [7, 11) is 0. The highest BCUT2D eigenvalue weighted by molar-refractivity contribution is 5.63. The van der Waals surface area contributed by atoms with Crippen LogP contribution in [0.3, 0.4) is 0 Å². The van der Waals surface area contributed by atoms with Crippen molar-refractivity contribution in [3.05, 3.63) is 0 Å². The van der Waals surface area contributed by atoms with Crippen molar-refractivity contribution in [3.63, 3.8) is 0 Å². The lowest BCUT2D eigenvalue weighted by molar-refractivity contribution is -0.161. The molecule has 1 atom stereocenters. The van der Waals surface area contributed by atoms with Gasteiger partial charge >= 0.3 is 0 Å². The lowest BCUT2D eigenvalue weighted by Gasteiger charge is -2.33. The van der Waals surface area contributed by atoms with E-state index in [9.17, 15) is 4.79 Å². The van der Waals surface area contributed by atoms with E-state index >= 15 is 0 Å². The van der Waals surface area contributed by atoms with Crippen LogP contribution in [0.25, 0.3) is 0 Å². The van der Waals surface area contributed by atoms with Gasteiger partial charge in [-0.25, -0.2) is 0 Å². The summed E-state index contributed by atoms with van der Waals surface area (Å²) in [5.41, 5.74) is -0.660. The zero-order valence-electron chi connectivity index (χ0n) is 7.71. The summed E-state index contributed by atoms with van der Waals surface area (Å²) in [5.74, 6) is 0. The standard InChI is InChI=1S/C9H16O3/c1-8(2)12-9(6-10)4-3-5-11-7-9/h6,8H,3-5,7H2,1-2H3. The number of carbonyl (C=O) groups is 1. The van der Waals surface area contributed by atoms with Crippen LogP contribution >= 0.6 is 0 Å². The Morgan fingerprint density at radius 1 is 1.58 bits per heavy atom. The average molecular weight is 172 g/mol. The van der Waals surface area contributed by atoms with Crippen LogP contribution in [0.15, 0.2) is 0 Å². The highest BCUT2D eigenvalue weighted by Crippen LogP contribution is 2.22. The van der Waals surface area contributed by atoms with Crippen LogP contribution in [-0.2, 0) is 14.3 Å². The van der Waals surface area contributed by atoms with Gasteiger partial charge in [0.25, 0.3) is 0 Å². The van der Waals surface area contributed by atoms with Gasteiger partial charge in [-0.1, -0.05) is 0 Å². The van der Waals surface area contributed by atoms with E-state index in [4.69, 9.17) is 9.47 Å². The first-order valence-electron chi connectivity index (χ1n) is 4.40. The molecule has 1 aliphatic heterocycles. The van der Waals surface area contributed by atoms with Crippen molar-refractivity contribution >= 4 is 6.29 Å². The van der Waals surface area contributed by atoms with Crippen LogP contribution in [0.1, 0.15) is 26.7 Å². The van der Waals surface area contributed by atoms with Crippen LogP contribution in [0.4, 0.5) is 0 Å². The Hall–Kier alpha value is -0.410. The second-order valence-corrected chi connectivity index (χ2v) is 3.51. The summed E-state index contributed by atoms with van der Waals surface area (Å²) in [4.78, 5) is 10.8. The highest BCUT2D eigenvalue weighted by Gasteiger charge is 2.34. The average Bonchev–Trinajstić information content (AvgIpc) is 2.05. The van der Waals surface area contributed by atoms with E-state index in [1.54, 1.807) is 0 Å². The molecule has 1 saturated heterocycles. The first-order valence-corrected chi connectivity index (χ1v) is 4.40. The lowest BCUT2D eigenvalue weighted by atomic mass is 9.98. The molecule has 0 aliphatic carbocycles. The fraction of sp³-hybridized carbons (Fsp3) is 0.889. The minimum absolute atomic E-state index is 0.0805. The number of rotatable bonds is 3. The summed E-state index contributed by atoms with van der Waals surface area (Å²) in [6.07, 6.45) is 2.66. The maximum atomic E-state index is 10.8. The fourth-order valence-electron chi connectivity index (χ4n) is 1.47. The molecule has 0 N–H and O–H groups in total. The lowest BCUT2D eigenvalue weighted by Crippen LogP contribution is -2.44. The molecule has 3 nitrogen and oxygen atoms in total. The number of aldehydes is 1. The van der Waals surface area contributed by atoms with E-state index in [0.717, 1.165) is 25.7 Å². The topological polar surface area (TPSA) is 35.5 Å². The van der Waals surface area contributed by atoms with Gasteiger partial charge in [0, 0.05) is 6.61 Å². The molecule has 0 aromatic heterocycles. The van der Waals surface area contributed by atoms with Crippen molar-refractivity contribution in [2.75, 3.05) is 13.2 Å². The Morgan fingerprint density at radius 2 is 2.33 bits per heavy atom. The van der Waals surface area contributed by atoms with Crippen molar-refractivity contribution < 1.29 is 14.3 Å². The number of hydrogen-bond donors (Lipinski definition) is 0. The normalized spacial score (nSPS) is 30.6. The molecule has 3 heteroatoms. The van der Waals surface area contributed by atoms with Crippen LogP contribution in [-0.4, -0.2) is 31.2 Å². The van der Waals surface area contributed by atoms with Gasteiger partial charge in [-0.3, -0.25) is 0 Å². The van der Waals surface area contributed by atoms with Gasteiger partial charge in [-0.05, 0) is 26.7 Å². The van der Waals surface area contributed by atoms with Crippen molar-refractivity contribution in [2.45, 2.75) is 38.4 Å². The minimum Gasteiger partial charge on any atom is -0.378 e. The van der Waals surface area contributed by atoms with Gasteiger partial charge in [-0.15, -0.1) is 0 Å². The predicted molar refractivity (Wildman–Crippen MR) is 45.1 cm³/mol. The zero-order valence-corrected chi connectivity index (χ0v) is 7.71. The molecular weight excluding hydrogens is 156 g/mol. The van der Waals surface area contributed by atoms with Gasteiger partial charge in [0.2, 0.25) is 0 Å². The van der Waals surface area contributed by atoms with E-state index in [2.05, 4.69) is 0 Å². The number of carbonyl (C=O) groups excluding carboxylic acids is 1. The maximum Gasteiger partial charge on any atom is 0.154 e. The second-order valence-electron chi connectivity index (χ2n) is 3.51. The Labute approximate surface area is 73.0 Å². The molecule has 0 bridgehead atoms. The van der Waals surface area contributed by atoms with Crippen LogP contribution in [0.2, 0.25) is 0 Å². The van der Waals surface area contributed by atoms with E-state index < -0.39 is 5.60 Å². The van der Waals surface area contributed by atoms with Crippen LogP contribution in [0, 0.1) is 0 Å². The molecule has 0 aromatic carbocycles. The number of ether oxygens (including phenoxy) is 2. The molecule has 0 saturated carbocycles. The van der Waals surface area contributed by atoms with Gasteiger partial charge in [-0.2, -0.15) is 0 Å². The molecule has 1 rings (SSSR count). The summed E-state index contributed by atoms with van der Waals surface area (Å²) in [6.45, 7) is 5.02. The molecule has 0 amide bonds. The molecule has 0 radical (unpaired) electrons. The van der Waals surface area contributed by atoms with E-state index in [1.165, 1.54) is 0 Å². The number of hydrogen-bond acceptors (Lipinski definition) is 3. The van der Waals surface area contributed by atoms with E-state index in [0.29, 0.717) is 6.61 Å². The Bertz CT molecular complexity index is 148. The van der Waals surface area contributed by atoms with Gasteiger partial charge < -0.3 is 14.3 Å². The summed E-state index contributed by atoms with van der Waals surface area (Å²) in [6, 6.07) is 0. The van der Waals surface area contributed by atoms with Crippen molar-refractivity contribution in [1.82, 2.24) is 0 Å². The highest BCUT2D eigenvalue weighted by atomic mass is 16.6. The first-order chi connectivity index (χ1) is 5.68. The van der Waals surface area contributed by atoms with Crippen molar-refractivity contribution in [1.29, 1.82) is 0 Å². The van der Waals surface area contributed by atoms with E-state index in [-0.39, 0.29) is 6.10 Å². The minimum atomic E-state index is -0.660. The Balaban J connectivity index is 2.53. The van der Waals surface area contributed by atoms with Gasteiger partial charge in [0.1, 0.15) is 5.60 Å². The van der Waals surface area contributed by atoms with Gasteiger partial charge in [0.05, 0.1) is 12.7 Å². The molecule has 0 aromatic rings. The largest absolute Gasteiger partial charge is 0.378 e. The monoisotopic (exact) mass is 172 g/mol. The van der Waals surface area contributed by atoms with Crippen molar-refractivity contribution in [2.24, 2.45) is 0 Å². The molecule has 1 heterocycles. The second kappa shape index (κ2) is 4.01. The Morgan fingerprint density at radius 3 is 2.75 bits per heavy atom. The predicted octanol–water partition coefficient (Wildman–Crippen LogP) is 1.16. The maximum absolute atomic E-state index is 10.8. The zero-order chi connectivity index (χ0) is 9.03. The van der Waals surface area contributed by atoms with Crippen molar-refractivity contribution in [3.8, 4) is 0 Å². The molecular formula is C9H16O3. The molecule has 1 aliphatic rings. The molecule has 1 fully saturated rings. The summed E-state index contributed by atoms with van der Waals surface area (Å²) < 4.78 is 10.8. The SMILES string of the molecule is CC(C)OC1(C=O)CCCOC1. The van der Waals surface area contributed by atoms with Crippen LogP contribution in [0.5, 0.6) is 0 Å². The first kappa shape index (κ1) is 9.68. The fourth-order valence-corrected chi connectivity index (χ4v) is 1.47. The quantitative estimate of drug-likeness (QED) is 0.599. The summed E-state index contributed by atoms with van der Waals surface area (Å²) >= 11 is 0.